The lowest BCUT2D eigenvalue weighted by atomic mass is 10.1. The van der Waals surface area contributed by atoms with Crippen molar-refractivity contribution in [1.82, 2.24) is 34.6 Å². The molecular formula is C77H87N11O7S. The van der Waals surface area contributed by atoms with Gasteiger partial charge in [0.25, 0.3) is 11.8 Å². The molecule has 0 spiro atoms. The zero-order chi connectivity index (χ0) is 67.2. The minimum absolute atomic E-state index is 0.0524. The lowest BCUT2D eigenvalue weighted by molar-refractivity contribution is 0.0986. The molecule has 0 unspecified atom stereocenters. The first kappa shape index (κ1) is 67.5. The summed E-state index contributed by atoms with van der Waals surface area (Å²) in [7, 11) is 1.55. The van der Waals surface area contributed by atoms with Gasteiger partial charge in [-0.1, -0.05) is 68.0 Å². The highest BCUT2D eigenvalue weighted by molar-refractivity contribution is 7.17. The number of carbonyl (C=O) groups excluding carboxylic acids is 4. The Kier molecular flexibility index (Phi) is 22.2. The van der Waals surface area contributed by atoms with Gasteiger partial charge in [0.15, 0.2) is 16.6 Å². The summed E-state index contributed by atoms with van der Waals surface area (Å²) in [6, 6.07) is 48.5. The Balaban J connectivity index is 0.000000196. The van der Waals surface area contributed by atoms with Gasteiger partial charge in [0, 0.05) is 101 Å². The molecule has 10 aromatic rings. The first-order valence-electron chi connectivity index (χ1n) is 33.5. The number of benzene rings is 7. The largest absolute Gasteiger partial charge is 0.493 e. The molecule has 0 atom stereocenters. The second-order valence-electron chi connectivity index (χ2n) is 24.9. The van der Waals surface area contributed by atoms with Gasteiger partial charge in [-0.25, -0.2) is 14.6 Å². The first-order valence-corrected chi connectivity index (χ1v) is 34.3. The number of hydrogen-bond acceptors (Lipinski definition) is 11. The second-order valence-corrected chi connectivity index (χ2v) is 25.8. The van der Waals surface area contributed by atoms with Gasteiger partial charge in [0.2, 0.25) is 5.06 Å². The van der Waals surface area contributed by atoms with Crippen LogP contribution in [0.1, 0.15) is 123 Å². The number of methoxy groups -OCH3 is 1. The Bertz CT molecular complexity index is 4290. The summed E-state index contributed by atoms with van der Waals surface area (Å²) < 4.78 is 22.2. The number of amides is 6. The molecule has 2 saturated heterocycles. The fraction of sp³-hybridized carbons (Fsp3) is 0.312. The van der Waals surface area contributed by atoms with Crippen molar-refractivity contribution in [2.75, 3.05) is 60.7 Å². The Morgan fingerprint density at radius 1 is 0.573 bits per heavy atom. The number of nitrogens with one attached hydrogen (secondary N) is 5. The first-order chi connectivity index (χ1) is 46.6. The molecule has 2 aliphatic heterocycles. The third kappa shape index (κ3) is 16.6. The van der Waals surface area contributed by atoms with Crippen molar-refractivity contribution in [2.24, 2.45) is 0 Å². The summed E-state index contributed by atoms with van der Waals surface area (Å²) >= 11 is 1.28. The summed E-state index contributed by atoms with van der Waals surface area (Å²) in [6.07, 6.45) is 14.2. The van der Waals surface area contributed by atoms with Crippen LogP contribution >= 0.6 is 11.3 Å². The average molecular weight is 1310 g/mol. The van der Waals surface area contributed by atoms with E-state index in [1.807, 2.05) is 109 Å². The van der Waals surface area contributed by atoms with Crippen LogP contribution in [0.4, 0.5) is 31.8 Å². The van der Waals surface area contributed by atoms with Crippen molar-refractivity contribution < 1.29 is 33.4 Å². The maximum absolute atomic E-state index is 13.7. The molecule has 0 bridgehead atoms. The third-order valence-electron chi connectivity index (χ3n) is 17.6. The zero-order valence-electron chi connectivity index (χ0n) is 56.2. The number of fused-ring (bicyclic) bond motifs is 2. The quantitative estimate of drug-likeness (QED) is 0.0437. The standard InChI is InChI=1S/C39H46N6O4S.C38H41N5O3/c1-5-29(6-2)41-38(47)42-30-17-20-34(35(23-30)48-4)49-36-24-40-39(50-36)44(7-3)37(46)27-15-18-31(19-16-27)45-26-28(25-43-21-11-8-12-22-43)32-13-9-10-14-33(32)45;1-25(2)39-38(45)40-30-13-17-32(18-14-30)46-33-21-26(3)36(27(4)22-33)41-37(44)28-11-15-31(16-12-28)43-24-29(23-42-19-7-8-20-42)34-9-5-6-10-35(34)43/h9-10,13-20,23-24,26,29H,5-8,11-12,21-22,25H2,1-4H3,(H2,41,42,47);5-6,9-18,21-22,24-25H,7-8,19-20,23H2,1-4H3,(H,41,44)(H2,39,40,45). The normalized spacial score (nSPS) is 13.3. The summed E-state index contributed by atoms with van der Waals surface area (Å²) in [4.78, 5) is 62.7. The molecule has 3 aromatic heterocycles. The topological polar surface area (TPSA) is 189 Å². The molecule has 7 aromatic carbocycles. The van der Waals surface area contributed by atoms with Gasteiger partial charge >= 0.3 is 12.1 Å². The van der Waals surface area contributed by atoms with Crippen LogP contribution in [0.15, 0.2) is 170 Å². The van der Waals surface area contributed by atoms with Gasteiger partial charge < -0.3 is 49.9 Å². The molecule has 18 nitrogen and oxygen atoms in total. The number of aromatic nitrogens is 3. The molecule has 2 fully saturated rings. The van der Waals surface area contributed by atoms with E-state index in [9.17, 15) is 19.2 Å². The monoisotopic (exact) mass is 1310 g/mol. The highest BCUT2D eigenvalue weighted by Crippen LogP contribution is 2.39. The number of likely N-dealkylation sites (tertiary alicyclic amines) is 2. The summed E-state index contributed by atoms with van der Waals surface area (Å²) in [5.41, 5.74) is 12.0. The van der Waals surface area contributed by atoms with Crippen molar-refractivity contribution in [3.8, 4) is 39.4 Å². The van der Waals surface area contributed by atoms with Gasteiger partial charge in [-0.15, -0.1) is 0 Å². The Morgan fingerprint density at radius 3 is 1.66 bits per heavy atom. The van der Waals surface area contributed by atoms with Crippen LogP contribution in [0.25, 0.3) is 33.2 Å². The van der Waals surface area contributed by atoms with Gasteiger partial charge in [-0.2, -0.15) is 0 Å². The molecule has 0 radical (unpaired) electrons. The van der Waals surface area contributed by atoms with E-state index in [0.29, 0.717) is 62.2 Å². The Labute approximate surface area is 566 Å². The van der Waals surface area contributed by atoms with Crippen molar-refractivity contribution in [3.63, 3.8) is 0 Å². The molecule has 2 aliphatic rings. The van der Waals surface area contributed by atoms with Crippen molar-refractivity contribution in [2.45, 2.75) is 119 Å². The van der Waals surface area contributed by atoms with E-state index in [2.05, 4.69) is 111 Å². The van der Waals surface area contributed by atoms with Crippen LogP contribution in [0, 0.1) is 13.8 Å². The molecule has 96 heavy (non-hydrogen) atoms. The van der Waals surface area contributed by atoms with E-state index in [-0.39, 0.29) is 36.0 Å². The smallest absolute Gasteiger partial charge is 0.319 e. The Morgan fingerprint density at radius 2 is 1.10 bits per heavy atom. The van der Waals surface area contributed by atoms with Crippen LogP contribution in [0.5, 0.6) is 28.1 Å². The molecule has 5 heterocycles. The number of nitrogens with zero attached hydrogens (tertiary/aromatic N) is 6. The van der Waals surface area contributed by atoms with Crippen LogP contribution in [0.3, 0.4) is 0 Å². The van der Waals surface area contributed by atoms with E-state index >= 15 is 0 Å². The average Bonchev–Trinajstić information content (AvgIpc) is 1.79. The number of aryl methyl sites for hydroxylation is 2. The predicted octanol–water partition coefficient (Wildman–Crippen LogP) is 17.3. The van der Waals surface area contributed by atoms with Gasteiger partial charge in [0.1, 0.15) is 11.5 Å². The lowest BCUT2D eigenvalue weighted by Gasteiger charge is -2.26. The third-order valence-corrected chi connectivity index (χ3v) is 18.5. The number of piperidine rings is 1. The summed E-state index contributed by atoms with van der Waals surface area (Å²) in [6.45, 7) is 20.7. The van der Waals surface area contributed by atoms with E-state index in [1.165, 1.54) is 70.9 Å². The van der Waals surface area contributed by atoms with E-state index in [4.69, 9.17) is 14.2 Å². The number of hydrogen-bond donors (Lipinski definition) is 5. The predicted molar refractivity (Wildman–Crippen MR) is 387 cm³/mol. The molecular weight excluding hydrogens is 1220 g/mol. The SMILES string of the molecule is CCC(CC)NC(=O)Nc1ccc(Oc2cnc(N(CC)C(=O)c3ccc(-n4cc(CN5CCCCC5)c5ccccc54)cc3)s2)c(OC)c1.Cc1cc(Oc2ccc(NC(=O)NC(C)C)cc2)cc(C)c1NC(=O)c1ccc(-n2cc(CN3CCCC3)c3ccccc32)cc1. The molecule has 12 rings (SSSR count). The van der Waals surface area contributed by atoms with Gasteiger partial charge in [-0.3, -0.25) is 24.3 Å². The summed E-state index contributed by atoms with van der Waals surface area (Å²) in [5.74, 6) is 1.93. The Hall–Kier alpha value is -9.95. The summed E-state index contributed by atoms with van der Waals surface area (Å²) in [5, 5.41) is 18.1. The minimum atomic E-state index is -0.268. The highest BCUT2D eigenvalue weighted by Gasteiger charge is 2.23. The van der Waals surface area contributed by atoms with E-state index in [0.717, 1.165) is 85.8 Å². The number of carbonyl (C=O) groups is 4. The van der Waals surface area contributed by atoms with Crippen LogP contribution in [0.2, 0.25) is 0 Å². The molecule has 19 heteroatoms. The van der Waals surface area contributed by atoms with Gasteiger partial charge in [0.05, 0.1) is 24.3 Å². The fourth-order valence-electron chi connectivity index (χ4n) is 12.5. The number of urea groups is 2. The van der Waals surface area contributed by atoms with Crippen molar-refractivity contribution in [1.29, 1.82) is 0 Å². The lowest BCUT2D eigenvalue weighted by Crippen LogP contribution is -2.37. The molecule has 0 aliphatic carbocycles. The van der Waals surface area contributed by atoms with E-state index in [1.54, 1.807) is 60.7 Å². The van der Waals surface area contributed by atoms with Crippen LogP contribution in [-0.4, -0.2) is 99.7 Å². The maximum Gasteiger partial charge on any atom is 0.319 e. The number of para-hydroxylation sites is 2. The van der Waals surface area contributed by atoms with Crippen LogP contribution in [-0.2, 0) is 13.1 Å². The second kappa shape index (κ2) is 31.5. The maximum atomic E-state index is 13.7. The molecule has 498 valence electrons. The highest BCUT2D eigenvalue weighted by atomic mass is 32.1. The van der Waals surface area contributed by atoms with E-state index < -0.39 is 0 Å². The molecule has 0 saturated carbocycles. The van der Waals surface area contributed by atoms with Crippen molar-refractivity contribution >= 4 is 79.2 Å². The zero-order valence-corrected chi connectivity index (χ0v) is 57.0. The number of thiazole rings is 1. The van der Waals surface area contributed by atoms with Gasteiger partial charge in [-0.05, 0) is 231 Å². The molecule has 5 N–H and O–H groups in total. The number of anilines is 4. The fourth-order valence-corrected chi connectivity index (χ4v) is 13.4. The number of rotatable bonds is 22. The van der Waals surface area contributed by atoms with Crippen molar-refractivity contribution in [3.05, 3.63) is 204 Å². The molecule has 6 amide bonds. The number of ether oxygens (including phenoxy) is 3. The van der Waals surface area contributed by atoms with Crippen LogP contribution < -0.4 is 45.7 Å². The minimum Gasteiger partial charge on any atom is -0.493 e.